The molecule has 1 saturated heterocycles. The van der Waals surface area contributed by atoms with Gasteiger partial charge in [-0.05, 0) is 49.2 Å². The third-order valence-corrected chi connectivity index (χ3v) is 5.60. The maximum Gasteiger partial charge on any atom is 0.238 e. The highest BCUT2D eigenvalue weighted by Gasteiger charge is 2.58. The normalized spacial score (nSPS) is 17.9. The molecule has 2 fully saturated rings. The molecule has 0 atom stereocenters. The maximum absolute atomic E-state index is 13.0. The Labute approximate surface area is 164 Å². The van der Waals surface area contributed by atoms with Crippen LogP contribution in [-0.2, 0) is 16.1 Å². The number of piperazine rings is 1. The molecule has 0 bridgehead atoms. The summed E-state index contributed by atoms with van der Waals surface area (Å²) in [7, 11) is 1.65. The van der Waals surface area contributed by atoms with Crippen molar-refractivity contribution in [1.82, 2.24) is 10.2 Å². The van der Waals surface area contributed by atoms with Gasteiger partial charge < -0.3 is 24.3 Å². The summed E-state index contributed by atoms with van der Waals surface area (Å²) in [6.45, 7) is 3.06. The van der Waals surface area contributed by atoms with Crippen molar-refractivity contribution in [1.29, 1.82) is 0 Å². The van der Waals surface area contributed by atoms with E-state index in [-0.39, 0.29) is 11.8 Å². The molecular formula is C21H25N3O4. The number of nitrogens with zero attached hydrogens (tertiary/aromatic N) is 2. The first-order chi connectivity index (χ1) is 13.6. The topological polar surface area (TPSA) is 75.0 Å². The van der Waals surface area contributed by atoms with Gasteiger partial charge in [0.05, 0.1) is 19.9 Å². The van der Waals surface area contributed by atoms with Crippen LogP contribution in [0.15, 0.2) is 47.1 Å². The molecule has 1 aliphatic carbocycles. The largest absolute Gasteiger partial charge is 0.497 e. The molecule has 0 unspecified atom stereocenters. The number of anilines is 1. The Hall–Kier alpha value is -2.96. The highest BCUT2D eigenvalue weighted by molar-refractivity contribution is 6.07. The second-order valence-electron chi connectivity index (χ2n) is 7.32. The lowest BCUT2D eigenvalue weighted by Gasteiger charge is -2.37. The summed E-state index contributed by atoms with van der Waals surface area (Å²) in [5, 5.41) is 2.85. The average molecular weight is 383 g/mol. The summed E-state index contributed by atoms with van der Waals surface area (Å²) in [4.78, 5) is 29.7. The number of rotatable bonds is 6. The van der Waals surface area contributed by atoms with Crippen molar-refractivity contribution < 1.29 is 18.7 Å². The van der Waals surface area contributed by atoms with Crippen LogP contribution in [0.2, 0.25) is 0 Å². The van der Waals surface area contributed by atoms with Crippen LogP contribution in [0.25, 0.3) is 0 Å². The van der Waals surface area contributed by atoms with Crippen molar-refractivity contribution in [2.75, 3.05) is 38.2 Å². The van der Waals surface area contributed by atoms with Gasteiger partial charge in [0.25, 0.3) is 0 Å². The van der Waals surface area contributed by atoms with E-state index in [1.807, 2.05) is 29.2 Å². The van der Waals surface area contributed by atoms with Gasteiger partial charge in [0.15, 0.2) is 0 Å². The van der Waals surface area contributed by atoms with E-state index in [1.54, 1.807) is 25.5 Å². The molecule has 1 saturated carbocycles. The lowest BCUT2D eigenvalue weighted by atomic mass is 10.0. The van der Waals surface area contributed by atoms with Gasteiger partial charge in [0.2, 0.25) is 11.8 Å². The molecule has 0 spiro atoms. The molecule has 1 aliphatic heterocycles. The minimum absolute atomic E-state index is 0.0428. The summed E-state index contributed by atoms with van der Waals surface area (Å²) in [6.07, 6.45) is 2.81. The predicted molar refractivity (Wildman–Crippen MR) is 104 cm³/mol. The lowest BCUT2D eigenvalue weighted by Crippen LogP contribution is -2.53. The Morgan fingerprint density at radius 3 is 2.39 bits per heavy atom. The number of nitrogens with one attached hydrogen (secondary N) is 1. The minimum Gasteiger partial charge on any atom is -0.497 e. The number of carbonyl (C=O) groups is 2. The third kappa shape index (κ3) is 3.56. The van der Waals surface area contributed by atoms with E-state index >= 15 is 0 Å². The number of methoxy groups -OCH3 is 1. The Kier molecular flexibility index (Phi) is 4.98. The molecule has 7 nitrogen and oxygen atoms in total. The third-order valence-electron chi connectivity index (χ3n) is 5.60. The van der Waals surface area contributed by atoms with Gasteiger partial charge in [-0.25, -0.2) is 0 Å². The molecule has 1 N–H and O–H groups in total. The Morgan fingerprint density at radius 1 is 1.11 bits per heavy atom. The maximum atomic E-state index is 13.0. The minimum atomic E-state index is -0.880. The molecule has 2 aliphatic rings. The molecule has 148 valence electrons. The van der Waals surface area contributed by atoms with Crippen molar-refractivity contribution in [2.45, 2.75) is 19.4 Å². The molecule has 1 aromatic carbocycles. The fraction of sp³-hybridized carbons (Fsp3) is 0.429. The highest BCUT2D eigenvalue weighted by Crippen LogP contribution is 2.47. The quantitative estimate of drug-likeness (QED) is 0.773. The van der Waals surface area contributed by atoms with Gasteiger partial charge in [-0.1, -0.05) is 0 Å². The Balaban J connectivity index is 1.32. The lowest BCUT2D eigenvalue weighted by molar-refractivity contribution is -0.144. The van der Waals surface area contributed by atoms with Crippen molar-refractivity contribution in [3.05, 3.63) is 48.4 Å². The Morgan fingerprint density at radius 2 is 1.82 bits per heavy atom. The molecule has 28 heavy (non-hydrogen) atoms. The van der Waals surface area contributed by atoms with Crippen LogP contribution in [0.3, 0.4) is 0 Å². The van der Waals surface area contributed by atoms with Crippen LogP contribution < -0.4 is 15.0 Å². The molecular weight excluding hydrogens is 358 g/mol. The summed E-state index contributed by atoms with van der Waals surface area (Å²) in [5.74, 6) is 1.28. The summed E-state index contributed by atoms with van der Waals surface area (Å²) in [6, 6.07) is 11.5. The fourth-order valence-electron chi connectivity index (χ4n) is 3.68. The number of ether oxygens (including phenoxy) is 1. The summed E-state index contributed by atoms with van der Waals surface area (Å²) in [5.41, 5.74) is 0.236. The van der Waals surface area contributed by atoms with Crippen molar-refractivity contribution in [3.8, 4) is 5.75 Å². The van der Waals surface area contributed by atoms with Gasteiger partial charge in [-0.15, -0.1) is 0 Å². The second-order valence-corrected chi connectivity index (χ2v) is 7.32. The molecule has 2 aromatic rings. The van der Waals surface area contributed by atoms with Gasteiger partial charge >= 0.3 is 0 Å². The smallest absolute Gasteiger partial charge is 0.238 e. The second kappa shape index (κ2) is 7.58. The SMILES string of the molecule is COc1ccc(N2CCN(C(=O)C3(C(=O)NCc4ccco4)CC3)CC2)cc1. The van der Waals surface area contributed by atoms with Crippen LogP contribution in [-0.4, -0.2) is 50.0 Å². The van der Waals surface area contributed by atoms with Crippen LogP contribution in [0.5, 0.6) is 5.75 Å². The van der Waals surface area contributed by atoms with Gasteiger partial charge in [0.1, 0.15) is 16.9 Å². The van der Waals surface area contributed by atoms with Crippen molar-refractivity contribution >= 4 is 17.5 Å². The predicted octanol–water partition coefficient (Wildman–Crippen LogP) is 2.03. The van der Waals surface area contributed by atoms with Crippen LogP contribution >= 0.6 is 0 Å². The van der Waals surface area contributed by atoms with Crippen LogP contribution in [0.1, 0.15) is 18.6 Å². The highest BCUT2D eigenvalue weighted by atomic mass is 16.5. The van der Waals surface area contributed by atoms with E-state index in [1.165, 1.54) is 0 Å². The van der Waals surface area contributed by atoms with Crippen molar-refractivity contribution in [3.63, 3.8) is 0 Å². The summed E-state index contributed by atoms with van der Waals surface area (Å²) < 4.78 is 10.4. The number of hydrogen-bond donors (Lipinski definition) is 1. The molecule has 0 radical (unpaired) electrons. The van der Waals surface area contributed by atoms with Crippen LogP contribution in [0, 0.1) is 5.41 Å². The van der Waals surface area contributed by atoms with Gasteiger partial charge in [-0.3, -0.25) is 9.59 Å². The molecule has 7 heteroatoms. The zero-order valence-corrected chi connectivity index (χ0v) is 16.0. The van der Waals surface area contributed by atoms with E-state index in [0.29, 0.717) is 38.2 Å². The van der Waals surface area contributed by atoms with Gasteiger partial charge in [-0.2, -0.15) is 0 Å². The summed E-state index contributed by atoms with van der Waals surface area (Å²) >= 11 is 0. The van der Waals surface area contributed by atoms with E-state index < -0.39 is 5.41 Å². The van der Waals surface area contributed by atoms with E-state index in [0.717, 1.165) is 24.5 Å². The van der Waals surface area contributed by atoms with Gasteiger partial charge in [0, 0.05) is 31.9 Å². The number of amides is 2. The zero-order valence-electron chi connectivity index (χ0n) is 16.0. The number of benzene rings is 1. The molecule has 2 heterocycles. The first-order valence-corrected chi connectivity index (χ1v) is 9.61. The monoisotopic (exact) mass is 383 g/mol. The van der Waals surface area contributed by atoms with E-state index in [2.05, 4.69) is 10.2 Å². The van der Waals surface area contributed by atoms with E-state index in [9.17, 15) is 9.59 Å². The number of furan rings is 1. The van der Waals surface area contributed by atoms with E-state index in [4.69, 9.17) is 9.15 Å². The van der Waals surface area contributed by atoms with Crippen LogP contribution in [0.4, 0.5) is 5.69 Å². The average Bonchev–Trinajstić information content (AvgIpc) is 3.40. The first kappa shape index (κ1) is 18.4. The first-order valence-electron chi connectivity index (χ1n) is 9.61. The number of hydrogen-bond acceptors (Lipinski definition) is 5. The molecule has 2 amide bonds. The zero-order chi connectivity index (χ0) is 19.6. The fourth-order valence-corrected chi connectivity index (χ4v) is 3.68. The standard InChI is InChI=1S/C21H25N3O4/c1-27-17-6-4-16(5-7-17)23-10-12-24(13-11-23)20(26)21(8-9-21)19(25)22-15-18-3-2-14-28-18/h2-7,14H,8-13,15H2,1H3,(H,22,25). The molecule has 4 rings (SSSR count). The number of carbonyl (C=O) groups excluding carboxylic acids is 2. The molecule has 1 aromatic heterocycles. The van der Waals surface area contributed by atoms with Crippen molar-refractivity contribution in [2.24, 2.45) is 5.41 Å². The Bertz CT molecular complexity index is 820.